The minimum absolute atomic E-state index is 0.210. The topological polar surface area (TPSA) is 62.5 Å². The zero-order valence-corrected chi connectivity index (χ0v) is 13.9. The van der Waals surface area contributed by atoms with Crippen LogP contribution >= 0.6 is 0 Å². The smallest absolute Gasteiger partial charge is 0.231 e. The zero-order chi connectivity index (χ0) is 16.1. The van der Waals surface area contributed by atoms with Crippen LogP contribution in [-0.4, -0.2) is 52.9 Å². The second-order valence-corrected chi connectivity index (χ2v) is 6.93. The Morgan fingerprint density at radius 2 is 2.00 bits per heavy atom. The molecule has 0 aliphatic carbocycles. The van der Waals surface area contributed by atoms with Crippen LogP contribution in [0.2, 0.25) is 0 Å². The molecule has 2 aliphatic rings. The maximum absolute atomic E-state index is 11.1. The summed E-state index contributed by atoms with van der Waals surface area (Å²) >= 11 is 0. The van der Waals surface area contributed by atoms with Crippen molar-refractivity contribution < 1.29 is 4.79 Å². The number of nitrogens with zero attached hydrogens (tertiary/aromatic N) is 3. The molecule has 1 atom stereocenters. The van der Waals surface area contributed by atoms with E-state index in [4.69, 9.17) is 5.73 Å². The Kier molecular flexibility index (Phi) is 5.62. The normalized spacial score (nSPS) is 24.6. The lowest BCUT2D eigenvalue weighted by Crippen LogP contribution is -2.48. The molecule has 0 saturated carbocycles. The van der Waals surface area contributed by atoms with Crippen molar-refractivity contribution in [1.29, 1.82) is 0 Å². The number of primary amides is 1. The van der Waals surface area contributed by atoms with E-state index in [9.17, 15) is 4.79 Å². The first-order chi connectivity index (χ1) is 11.2. The predicted molar refractivity (Wildman–Crippen MR) is 90.6 cm³/mol. The Hall–Kier alpha value is -1.46. The molecule has 1 amide bonds. The number of piperidine rings is 2. The van der Waals surface area contributed by atoms with Gasteiger partial charge in [0.2, 0.25) is 5.91 Å². The molecule has 1 aromatic rings. The van der Waals surface area contributed by atoms with Crippen molar-refractivity contribution in [3.05, 3.63) is 30.1 Å². The van der Waals surface area contributed by atoms with Crippen molar-refractivity contribution in [2.45, 2.75) is 44.7 Å². The largest absolute Gasteiger partial charge is 0.369 e. The van der Waals surface area contributed by atoms with Gasteiger partial charge < -0.3 is 5.73 Å². The molecular weight excluding hydrogens is 288 g/mol. The molecule has 3 heterocycles. The maximum atomic E-state index is 11.1. The first-order valence-corrected chi connectivity index (χ1v) is 8.87. The van der Waals surface area contributed by atoms with Crippen molar-refractivity contribution in [2.75, 3.05) is 26.2 Å². The summed E-state index contributed by atoms with van der Waals surface area (Å²) in [4.78, 5) is 20.4. The monoisotopic (exact) mass is 316 g/mol. The van der Waals surface area contributed by atoms with Crippen molar-refractivity contribution in [3.8, 4) is 0 Å². The number of rotatable bonds is 5. The van der Waals surface area contributed by atoms with Crippen molar-refractivity contribution >= 4 is 5.91 Å². The Morgan fingerprint density at radius 3 is 2.70 bits per heavy atom. The van der Waals surface area contributed by atoms with E-state index in [1.54, 1.807) is 0 Å². The fourth-order valence-electron chi connectivity index (χ4n) is 4.16. The van der Waals surface area contributed by atoms with E-state index in [-0.39, 0.29) is 5.91 Å². The summed E-state index contributed by atoms with van der Waals surface area (Å²) in [7, 11) is 0. The standard InChI is InChI=1S/C18H28N4O/c19-18(23)14-21-11-7-15(8-12-21)17-6-2-4-10-22(17)13-16-5-1-3-9-20-16/h1,3,5,9,15,17H,2,4,6-8,10-14H2,(H2,19,23)/t17-/m1/s1. The number of hydrogen-bond donors (Lipinski definition) is 1. The fraction of sp³-hybridized carbons (Fsp3) is 0.667. The highest BCUT2D eigenvalue weighted by Gasteiger charge is 2.32. The molecule has 0 bridgehead atoms. The summed E-state index contributed by atoms with van der Waals surface area (Å²) in [6.07, 6.45) is 8.17. The molecule has 0 aromatic carbocycles. The number of likely N-dealkylation sites (tertiary alicyclic amines) is 2. The van der Waals surface area contributed by atoms with E-state index in [1.165, 1.54) is 44.3 Å². The minimum atomic E-state index is -0.210. The second-order valence-electron chi connectivity index (χ2n) is 6.93. The first-order valence-electron chi connectivity index (χ1n) is 8.87. The highest BCUT2D eigenvalue weighted by atomic mass is 16.1. The Labute approximate surface area is 138 Å². The van der Waals surface area contributed by atoms with Crippen LogP contribution in [0.4, 0.5) is 0 Å². The molecule has 0 spiro atoms. The molecule has 2 N–H and O–H groups in total. The van der Waals surface area contributed by atoms with E-state index >= 15 is 0 Å². The predicted octanol–water partition coefficient (Wildman–Crippen LogP) is 1.63. The van der Waals surface area contributed by atoms with Gasteiger partial charge >= 0.3 is 0 Å². The van der Waals surface area contributed by atoms with E-state index in [2.05, 4.69) is 26.9 Å². The Bertz CT molecular complexity index is 499. The highest BCUT2D eigenvalue weighted by Crippen LogP contribution is 2.31. The molecule has 3 rings (SSSR count). The van der Waals surface area contributed by atoms with Crippen LogP contribution in [0.1, 0.15) is 37.8 Å². The van der Waals surface area contributed by atoms with Gasteiger partial charge in [0.1, 0.15) is 0 Å². The highest BCUT2D eigenvalue weighted by molar-refractivity contribution is 5.75. The van der Waals surface area contributed by atoms with Crippen LogP contribution in [-0.2, 0) is 11.3 Å². The van der Waals surface area contributed by atoms with Crippen molar-refractivity contribution in [2.24, 2.45) is 11.7 Å². The van der Waals surface area contributed by atoms with Gasteiger partial charge in [-0.2, -0.15) is 0 Å². The molecule has 126 valence electrons. The molecule has 0 radical (unpaired) electrons. The Balaban J connectivity index is 1.58. The third kappa shape index (κ3) is 4.52. The summed E-state index contributed by atoms with van der Waals surface area (Å²) < 4.78 is 0. The number of hydrogen-bond acceptors (Lipinski definition) is 4. The number of carbonyl (C=O) groups is 1. The third-order valence-electron chi connectivity index (χ3n) is 5.31. The average molecular weight is 316 g/mol. The van der Waals surface area contributed by atoms with E-state index in [0.29, 0.717) is 12.6 Å². The number of aromatic nitrogens is 1. The van der Waals surface area contributed by atoms with Crippen molar-refractivity contribution in [1.82, 2.24) is 14.8 Å². The summed E-state index contributed by atoms with van der Waals surface area (Å²) in [5.74, 6) is 0.529. The Morgan fingerprint density at radius 1 is 1.17 bits per heavy atom. The van der Waals surface area contributed by atoms with Crippen LogP contribution in [0.15, 0.2) is 24.4 Å². The number of nitrogens with two attached hydrogens (primary N) is 1. The molecular formula is C18H28N4O. The van der Waals surface area contributed by atoms with Gasteiger partial charge in [-0.15, -0.1) is 0 Å². The molecule has 5 nitrogen and oxygen atoms in total. The van der Waals surface area contributed by atoms with Gasteiger partial charge in [-0.25, -0.2) is 0 Å². The SMILES string of the molecule is NC(=O)CN1CCC([C@H]2CCCCN2Cc2ccccn2)CC1. The molecule has 2 fully saturated rings. The van der Waals surface area contributed by atoms with E-state index in [0.717, 1.165) is 25.6 Å². The lowest BCUT2D eigenvalue weighted by molar-refractivity contribution is -0.119. The lowest BCUT2D eigenvalue weighted by atomic mass is 9.83. The van der Waals surface area contributed by atoms with Crippen LogP contribution < -0.4 is 5.73 Å². The second kappa shape index (κ2) is 7.88. The molecule has 0 unspecified atom stereocenters. The molecule has 23 heavy (non-hydrogen) atoms. The molecule has 1 aromatic heterocycles. The van der Waals surface area contributed by atoms with Gasteiger partial charge in [-0.3, -0.25) is 19.6 Å². The van der Waals surface area contributed by atoms with Gasteiger partial charge in [-0.05, 0) is 63.4 Å². The van der Waals surface area contributed by atoms with Gasteiger partial charge in [0.15, 0.2) is 0 Å². The molecule has 2 aliphatic heterocycles. The van der Waals surface area contributed by atoms with E-state index < -0.39 is 0 Å². The fourth-order valence-corrected chi connectivity index (χ4v) is 4.16. The average Bonchev–Trinajstić information content (AvgIpc) is 2.57. The lowest BCUT2D eigenvalue weighted by Gasteiger charge is -2.43. The number of amides is 1. The summed E-state index contributed by atoms with van der Waals surface area (Å²) in [6.45, 7) is 4.56. The maximum Gasteiger partial charge on any atom is 0.231 e. The van der Waals surface area contributed by atoms with Crippen molar-refractivity contribution in [3.63, 3.8) is 0 Å². The van der Waals surface area contributed by atoms with Gasteiger partial charge in [0.05, 0.1) is 12.2 Å². The van der Waals surface area contributed by atoms with E-state index in [1.807, 2.05) is 12.3 Å². The van der Waals surface area contributed by atoms with Crippen LogP contribution in [0.25, 0.3) is 0 Å². The molecule has 5 heteroatoms. The number of carbonyl (C=O) groups excluding carboxylic acids is 1. The first kappa shape index (κ1) is 16.4. The van der Waals surface area contributed by atoms with Gasteiger partial charge in [-0.1, -0.05) is 12.5 Å². The number of pyridine rings is 1. The van der Waals surface area contributed by atoms with Gasteiger partial charge in [0.25, 0.3) is 0 Å². The van der Waals surface area contributed by atoms with Crippen LogP contribution in [0, 0.1) is 5.92 Å². The molecule has 2 saturated heterocycles. The zero-order valence-electron chi connectivity index (χ0n) is 13.9. The summed E-state index contributed by atoms with van der Waals surface area (Å²) in [5.41, 5.74) is 6.48. The minimum Gasteiger partial charge on any atom is -0.369 e. The third-order valence-corrected chi connectivity index (χ3v) is 5.31. The van der Waals surface area contributed by atoms with Crippen LogP contribution in [0.5, 0.6) is 0 Å². The quantitative estimate of drug-likeness (QED) is 0.897. The summed E-state index contributed by atoms with van der Waals surface area (Å²) in [6, 6.07) is 6.85. The van der Waals surface area contributed by atoms with Crippen LogP contribution in [0.3, 0.4) is 0 Å². The van der Waals surface area contributed by atoms with Gasteiger partial charge in [0, 0.05) is 18.8 Å². The summed E-state index contributed by atoms with van der Waals surface area (Å²) in [5, 5.41) is 0.